The highest BCUT2D eigenvalue weighted by molar-refractivity contribution is 9.11. The van der Waals surface area contributed by atoms with E-state index in [9.17, 15) is 19.2 Å². The maximum atomic E-state index is 13.3. The average molecular weight is 605 g/mol. The molecule has 38 heavy (non-hydrogen) atoms. The SMILES string of the molecule is CCCCNC(=O)NC1CCCN(C(=O)c2ccc(N3CC(NC(=O)c4ccc(Br)s4)CC3=O)cc2C)C1. The number of likely N-dealkylation sites (tertiary alicyclic amines) is 1. The number of aryl methyl sites for hydroxylation is 1. The summed E-state index contributed by atoms with van der Waals surface area (Å²) in [5.74, 6) is -0.333. The number of carbonyl (C=O) groups is 4. The second-order valence-corrected chi connectivity index (χ2v) is 12.3. The van der Waals surface area contributed by atoms with Crippen molar-refractivity contribution in [1.29, 1.82) is 0 Å². The van der Waals surface area contributed by atoms with Crippen molar-refractivity contribution in [3.05, 3.63) is 50.1 Å². The molecule has 2 unspecified atom stereocenters. The Morgan fingerprint density at radius 1 is 1.11 bits per heavy atom. The Morgan fingerprint density at radius 2 is 1.92 bits per heavy atom. The zero-order valence-electron chi connectivity index (χ0n) is 21.7. The van der Waals surface area contributed by atoms with Crippen LogP contribution in [0.25, 0.3) is 0 Å². The fourth-order valence-corrected chi connectivity index (χ4v) is 6.16. The quantitative estimate of drug-likeness (QED) is 0.395. The van der Waals surface area contributed by atoms with Gasteiger partial charge < -0.3 is 25.8 Å². The molecule has 2 atom stereocenters. The summed E-state index contributed by atoms with van der Waals surface area (Å²) in [4.78, 5) is 54.8. The predicted octanol–water partition coefficient (Wildman–Crippen LogP) is 4.06. The summed E-state index contributed by atoms with van der Waals surface area (Å²) in [6.07, 6.45) is 3.83. The van der Waals surface area contributed by atoms with Gasteiger partial charge in [0.1, 0.15) is 0 Å². The highest BCUT2D eigenvalue weighted by Gasteiger charge is 2.33. The largest absolute Gasteiger partial charge is 0.346 e. The second-order valence-electron chi connectivity index (χ2n) is 9.83. The molecule has 0 spiro atoms. The zero-order chi connectivity index (χ0) is 27.2. The number of unbranched alkanes of at least 4 members (excludes halogenated alkanes) is 1. The van der Waals surface area contributed by atoms with Gasteiger partial charge in [-0.2, -0.15) is 0 Å². The molecule has 11 heteroatoms. The van der Waals surface area contributed by atoms with Crippen LogP contribution in [0.3, 0.4) is 0 Å². The van der Waals surface area contributed by atoms with Crippen LogP contribution in [-0.4, -0.2) is 66.9 Å². The molecule has 3 N–H and O–H groups in total. The van der Waals surface area contributed by atoms with Gasteiger partial charge in [-0.05, 0) is 78.0 Å². The summed E-state index contributed by atoms with van der Waals surface area (Å²) in [7, 11) is 0. The van der Waals surface area contributed by atoms with E-state index in [2.05, 4.69) is 38.8 Å². The van der Waals surface area contributed by atoms with Crippen LogP contribution in [0.5, 0.6) is 0 Å². The fraction of sp³-hybridized carbons (Fsp3) is 0.481. The van der Waals surface area contributed by atoms with Crippen LogP contribution < -0.4 is 20.9 Å². The minimum atomic E-state index is -0.283. The normalized spacial score (nSPS) is 19.4. The molecule has 0 bridgehead atoms. The summed E-state index contributed by atoms with van der Waals surface area (Å²) >= 11 is 4.71. The first-order chi connectivity index (χ1) is 18.2. The lowest BCUT2D eigenvalue weighted by Gasteiger charge is -2.33. The van der Waals surface area contributed by atoms with Gasteiger partial charge in [0.15, 0.2) is 0 Å². The van der Waals surface area contributed by atoms with Gasteiger partial charge in [0.25, 0.3) is 11.8 Å². The molecule has 1 aromatic heterocycles. The Morgan fingerprint density at radius 3 is 2.63 bits per heavy atom. The molecule has 0 aliphatic carbocycles. The lowest BCUT2D eigenvalue weighted by Crippen LogP contribution is -2.52. The van der Waals surface area contributed by atoms with Crippen molar-refractivity contribution in [1.82, 2.24) is 20.9 Å². The van der Waals surface area contributed by atoms with Crippen molar-refractivity contribution >= 4 is 56.7 Å². The first-order valence-electron chi connectivity index (χ1n) is 13.1. The van der Waals surface area contributed by atoms with Gasteiger partial charge in [-0.25, -0.2) is 4.79 Å². The average Bonchev–Trinajstić information content (AvgIpc) is 3.49. The minimum absolute atomic E-state index is 0.0664. The number of amides is 5. The Kier molecular flexibility index (Phi) is 9.43. The van der Waals surface area contributed by atoms with E-state index in [1.54, 1.807) is 28.0 Å². The molecule has 2 saturated heterocycles. The van der Waals surface area contributed by atoms with E-state index in [1.165, 1.54) is 11.3 Å². The molecule has 9 nitrogen and oxygen atoms in total. The third-order valence-corrected chi connectivity index (χ3v) is 8.49. The van der Waals surface area contributed by atoms with E-state index >= 15 is 0 Å². The standard InChI is InChI=1S/C27H34BrN5O4S/c1-3-4-11-29-27(37)31-18-6-5-12-32(15-18)26(36)21-8-7-20(13-17(21)2)33-16-19(14-24(33)34)30-25(35)22-9-10-23(28)38-22/h7-10,13,18-19H,3-6,11-12,14-16H2,1-2H3,(H,30,35)(H2,29,31,37). The number of urea groups is 1. The minimum Gasteiger partial charge on any atom is -0.346 e. The molecule has 0 radical (unpaired) electrons. The number of rotatable bonds is 8. The molecule has 3 heterocycles. The van der Waals surface area contributed by atoms with Crippen LogP contribution in [-0.2, 0) is 4.79 Å². The summed E-state index contributed by atoms with van der Waals surface area (Å²) < 4.78 is 0.876. The van der Waals surface area contributed by atoms with Crippen LogP contribution in [0.2, 0.25) is 0 Å². The number of carbonyl (C=O) groups excluding carboxylic acids is 4. The third kappa shape index (κ3) is 6.93. The molecule has 2 aromatic rings. The summed E-state index contributed by atoms with van der Waals surface area (Å²) in [6, 6.07) is 8.43. The predicted molar refractivity (Wildman–Crippen MR) is 152 cm³/mol. The number of hydrogen-bond acceptors (Lipinski definition) is 5. The van der Waals surface area contributed by atoms with Gasteiger partial charge in [0.05, 0.1) is 14.7 Å². The molecular formula is C27H34BrN5O4S. The van der Waals surface area contributed by atoms with Crippen molar-refractivity contribution in [3.63, 3.8) is 0 Å². The van der Waals surface area contributed by atoms with Gasteiger partial charge in [-0.3, -0.25) is 14.4 Å². The molecule has 204 valence electrons. The van der Waals surface area contributed by atoms with Crippen molar-refractivity contribution in [2.24, 2.45) is 0 Å². The van der Waals surface area contributed by atoms with Crippen LogP contribution in [0, 0.1) is 6.92 Å². The smallest absolute Gasteiger partial charge is 0.315 e. The number of thiophene rings is 1. The van der Waals surface area contributed by atoms with Crippen LogP contribution in [0.1, 0.15) is 64.6 Å². The highest BCUT2D eigenvalue weighted by Crippen LogP contribution is 2.27. The van der Waals surface area contributed by atoms with E-state index < -0.39 is 0 Å². The molecule has 0 saturated carbocycles. The molecule has 2 fully saturated rings. The molecule has 5 amide bonds. The monoisotopic (exact) mass is 603 g/mol. The summed E-state index contributed by atoms with van der Waals surface area (Å²) in [6.45, 7) is 6.07. The van der Waals surface area contributed by atoms with Crippen LogP contribution in [0.15, 0.2) is 34.1 Å². The van der Waals surface area contributed by atoms with Gasteiger partial charge in [0, 0.05) is 49.9 Å². The fourth-order valence-electron chi connectivity index (χ4n) is 4.87. The lowest BCUT2D eigenvalue weighted by molar-refractivity contribution is -0.117. The van der Waals surface area contributed by atoms with Crippen molar-refractivity contribution in [3.8, 4) is 0 Å². The number of piperidine rings is 1. The number of nitrogens with one attached hydrogen (secondary N) is 3. The summed E-state index contributed by atoms with van der Waals surface area (Å²) in [5, 5.41) is 8.80. The van der Waals surface area contributed by atoms with Crippen molar-refractivity contribution < 1.29 is 19.2 Å². The van der Waals surface area contributed by atoms with Crippen molar-refractivity contribution in [2.75, 3.05) is 31.1 Å². The van der Waals surface area contributed by atoms with Crippen molar-refractivity contribution in [2.45, 2.75) is 58.0 Å². The number of nitrogens with zero attached hydrogens (tertiary/aromatic N) is 2. The Balaban J connectivity index is 1.35. The number of hydrogen-bond donors (Lipinski definition) is 3. The summed E-state index contributed by atoms with van der Waals surface area (Å²) in [5.41, 5.74) is 2.08. The molecule has 2 aliphatic heterocycles. The van der Waals surface area contributed by atoms with Crippen LogP contribution >= 0.6 is 27.3 Å². The first-order valence-corrected chi connectivity index (χ1v) is 14.7. The van der Waals surface area contributed by atoms with Gasteiger partial charge in [-0.1, -0.05) is 13.3 Å². The number of anilines is 1. The van der Waals surface area contributed by atoms with Gasteiger partial charge in [0.2, 0.25) is 5.91 Å². The van der Waals surface area contributed by atoms with E-state index in [4.69, 9.17) is 0 Å². The number of benzene rings is 1. The molecular weight excluding hydrogens is 570 g/mol. The van der Waals surface area contributed by atoms with E-state index in [1.807, 2.05) is 19.1 Å². The second kappa shape index (κ2) is 12.8. The molecule has 1 aromatic carbocycles. The van der Waals surface area contributed by atoms with Gasteiger partial charge >= 0.3 is 6.03 Å². The highest BCUT2D eigenvalue weighted by atomic mass is 79.9. The van der Waals surface area contributed by atoms with E-state index in [0.29, 0.717) is 42.3 Å². The Hall–Kier alpha value is -2.92. The van der Waals surface area contributed by atoms with Gasteiger partial charge in [-0.15, -0.1) is 11.3 Å². The Labute approximate surface area is 235 Å². The molecule has 2 aliphatic rings. The lowest BCUT2D eigenvalue weighted by atomic mass is 10.0. The molecule has 4 rings (SSSR count). The van der Waals surface area contributed by atoms with Crippen LogP contribution in [0.4, 0.5) is 10.5 Å². The third-order valence-electron chi connectivity index (χ3n) is 6.87. The van der Waals surface area contributed by atoms with E-state index in [0.717, 1.165) is 35.0 Å². The number of halogens is 1. The maximum Gasteiger partial charge on any atom is 0.315 e. The van der Waals surface area contributed by atoms with E-state index in [-0.39, 0.29) is 42.3 Å². The maximum absolute atomic E-state index is 13.3. The Bertz CT molecular complexity index is 1200. The topological polar surface area (TPSA) is 111 Å². The zero-order valence-corrected chi connectivity index (χ0v) is 24.1. The first kappa shape index (κ1) is 28.1.